The average Bonchev–Trinajstić information content (AvgIpc) is 2.41. The van der Waals surface area contributed by atoms with E-state index < -0.39 is 0 Å². The number of aliphatic hydroxyl groups excluding tert-OH is 1. The molecule has 3 heteroatoms. The van der Waals surface area contributed by atoms with Crippen molar-refractivity contribution in [2.45, 2.75) is 51.2 Å². The monoisotopic (exact) mass is 261 g/mol. The fourth-order valence-electron chi connectivity index (χ4n) is 2.65. The summed E-state index contributed by atoms with van der Waals surface area (Å²) >= 11 is 0. The number of hydrogen-bond acceptors (Lipinski definition) is 2. The normalized spacial score (nSPS) is 23.1. The Kier molecular flexibility index (Phi) is 4.59. The fraction of sp³-hybridized carbons (Fsp3) is 0.562. The van der Waals surface area contributed by atoms with E-state index in [4.69, 9.17) is 0 Å². The summed E-state index contributed by atoms with van der Waals surface area (Å²) in [4.78, 5) is 14.1. The highest BCUT2D eigenvalue weighted by Crippen LogP contribution is 2.22. The standard InChI is InChI=1S/C16H23NO2/c1-12-3-5-13(6-4-12)11-16(19)17(2)14-7-9-15(18)10-8-14/h3-6,14-15,18H,7-11H2,1-2H3. The summed E-state index contributed by atoms with van der Waals surface area (Å²) in [5.41, 5.74) is 2.28. The molecule has 19 heavy (non-hydrogen) atoms. The molecule has 0 unspecified atom stereocenters. The van der Waals surface area contributed by atoms with Gasteiger partial charge in [0.1, 0.15) is 0 Å². The second-order valence-corrected chi connectivity index (χ2v) is 5.63. The number of aliphatic hydroxyl groups is 1. The van der Waals surface area contributed by atoms with Crippen molar-refractivity contribution in [3.63, 3.8) is 0 Å². The first kappa shape index (κ1) is 14.1. The van der Waals surface area contributed by atoms with Gasteiger partial charge in [-0.15, -0.1) is 0 Å². The van der Waals surface area contributed by atoms with Gasteiger partial charge in [-0.05, 0) is 38.2 Å². The van der Waals surface area contributed by atoms with Crippen molar-refractivity contribution in [3.05, 3.63) is 35.4 Å². The van der Waals surface area contributed by atoms with Crippen molar-refractivity contribution in [2.24, 2.45) is 0 Å². The van der Waals surface area contributed by atoms with Gasteiger partial charge in [-0.3, -0.25) is 4.79 Å². The zero-order valence-corrected chi connectivity index (χ0v) is 11.8. The molecule has 0 aromatic heterocycles. The Morgan fingerprint density at radius 1 is 1.21 bits per heavy atom. The van der Waals surface area contributed by atoms with Crippen LogP contribution in [0.5, 0.6) is 0 Å². The third-order valence-corrected chi connectivity index (χ3v) is 4.08. The molecule has 0 bridgehead atoms. The molecule has 2 rings (SSSR count). The molecule has 1 aromatic carbocycles. The maximum Gasteiger partial charge on any atom is 0.226 e. The minimum atomic E-state index is -0.170. The number of carbonyl (C=O) groups excluding carboxylic acids is 1. The number of carbonyl (C=O) groups is 1. The van der Waals surface area contributed by atoms with E-state index in [1.54, 1.807) is 0 Å². The van der Waals surface area contributed by atoms with Gasteiger partial charge in [0.05, 0.1) is 12.5 Å². The molecule has 1 fully saturated rings. The molecule has 0 radical (unpaired) electrons. The van der Waals surface area contributed by atoms with E-state index in [0.29, 0.717) is 12.5 Å². The van der Waals surface area contributed by atoms with Crippen molar-refractivity contribution >= 4 is 5.91 Å². The lowest BCUT2D eigenvalue weighted by molar-refractivity contribution is -0.132. The molecular formula is C16H23NO2. The summed E-state index contributed by atoms with van der Waals surface area (Å²) < 4.78 is 0. The lowest BCUT2D eigenvalue weighted by Crippen LogP contribution is -2.41. The van der Waals surface area contributed by atoms with Crippen LogP contribution in [0.15, 0.2) is 24.3 Å². The van der Waals surface area contributed by atoms with Gasteiger partial charge in [0, 0.05) is 13.1 Å². The van der Waals surface area contributed by atoms with E-state index in [9.17, 15) is 9.90 Å². The zero-order valence-electron chi connectivity index (χ0n) is 11.8. The predicted octanol–water partition coefficient (Wildman–Crippen LogP) is 2.30. The van der Waals surface area contributed by atoms with Gasteiger partial charge >= 0.3 is 0 Å². The van der Waals surface area contributed by atoms with Crippen LogP contribution in [-0.4, -0.2) is 35.1 Å². The molecule has 1 aliphatic carbocycles. The molecule has 1 aromatic rings. The maximum absolute atomic E-state index is 12.2. The molecular weight excluding hydrogens is 238 g/mol. The first-order chi connectivity index (χ1) is 9.06. The highest BCUT2D eigenvalue weighted by atomic mass is 16.3. The van der Waals surface area contributed by atoms with E-state index in [2.05, 4.69) is 0 Å². The quantitative estimate of drug-likeness (QED) is 0.907. The van der Waals surface area contributed by atoms with Crippen LogP contribution in [-0.2, 0) is 11.2 Å². The molecule has 1 N–H and O–H groups in total. The van der Waals surface area contributed by atoms with Crippen LogP contribution in [0.3, 0.4) is 0 Å². The van der Waals surface area contributed by atoms with Gasteiger partial charge < -0.3 is 10.0 Å². The van der Waals surface area contributed by atoms with Crippen molar-refractivity contribution in [1.82, 2.24) is 4.90 Å². The van der Waals surface area contributed by atoms with Crippen molar-refractivity contribution in [2.75, 3.05) is 7.05 Å². The molecule has 0 heterocycles. The van der Waals surface area contributed by atoms with E-state index in [-0.39, 0.29) is 12.0 Å². The number of likely N-dealkylation sites (N-methyl/N-ethyl adjacent to an activating group) is 1. The van der Waals surface area contributed by atoms with Crippen LogP contribution in [0, 0.1) is 6.92 Å². The Morgan fingerprint density at radius 2 is 1.79 bits per heavy atom. The van der Waals surface area contributed by atoms with Crippen LogP contribution < -0.4 is 0 Å². The van der Waals surface area contributed by atoms with Crippen LogP contribution in [0.2, 0.25) is 0 Å². The molecule has 1 aliphatic rings. The Labute approximate surface area is 115 Å². The Hall–Kier alpha value is -1.35. The van der Waals surface area contributed by atoms with Crippen LogP contribution in [0.25, 0.3) is 0 Å². The first-order valence-electron chi connectivity index (χ1n) is 7.05. The topological polar surface area (TPSA) is 40.5 Å². The lowest BCUT2D eigenvalue weighted by atomic mass is 9.92. The van der Waals surface area contributed by atoms with Crippen LogP contribution in [0.4, 0.5) is 0 Å². The molecule has 1 saturated carbocycles. The number of nitrogens with zero attached hydrogens (tertiary/aromatic N) is 1. The third-order valence-electron chi connectivity index (χ3n) is 4.08. The van der Waals surface area contributed by atoms with E-state index in [0.717, 1.165) is 31.2 Å². The molecule has 0 aliphatic heterocycles. The lowest BCUT2D eigenvalue weighted by Gasteiger charge is -2.33. The third kappa shape index (κ3) is 3.80. The second-order valence-electron chi connectivity index (χ2n) is 5.63. The smallest absolute Gasteiger partial charge is 0.226 e. The summed E-state index contributed by atoms with van der Waals surface area (Å²) in [6.45, 7) is 2.05. The predicted molar refractivity (Wildman–Crippen MR) is 75.9 cm³/mol. The molecule has 1 amide bonds. The van der Waals surface area contributed by atoms with Gasteiger partial charge in [-0.2, -0.15) is 0 Å². The summed E-state index contributed by atoms with van der Waals surface area (Å²) in [5.74, 6) is 0.172. The van der Waals surface area contributed by atoms with Crippen molar-refractivity contribution < 1.29 is 9.90 Å². The maximum atomic E-state index is 12.2. The number of benzene rings is 1. The van der Waals surface area contributed by atoms with Crippen molar-refractivity contribution in [3.8, 4) is 0 Å². The summed E-state index contributed by atoms with van der Waals surface area (Å²) in [6, 6.07) is 8.41. The van der Waals surface area contributed by atoms with E-state index in [1.807, 2.05) is 43.1 Å². The fourth-order valence-corrected chi connectivity index (χ4v) is 2.65. The Balaban J connectivity index is 1.90. The number of hydrogen-bond donors (Lipinski definition) is 1. The number of aryl methyl sites for hydroxylation is 1. The van der Waals surface area contributed by atoms with Gasteiger partial charge in [-0.25, -0.2) is 0 Å². The minimum Gasteiger partial charge on any atom is -0.393 e. The number of amides is 1. The Bertz CT molecular complexity index is 419. The minimum absolute atomic E-state index is 0.170. The molecule has 0 atom stereocenters. The molecule has 3 nitrogen and oxygen atoms in total. The van der Waals surface area contributed by atoms with Gasteiger partial charge in [0.25, 0.3) is 0 Å². The molecule has 104 valence electrons. The highest BCUT2D eigenvalue weighted by molar-refractivity contribution is 5.78. The zero-order chi connectivity index (χ0) is 13.8. The number of rotatable bonds is 3. The molecule has 0 saturated heterocycles. The SMILES string of the molecule is Cc1ccc(CC(=O)N(C)C2CCC(O)CC2)cc1. The highest BCUT2D eigenvalue weighted by Gasteiger charge is 2.25. The average molecular weight is 261 g/mol. The van der Waals surface area contributed by atoms with Gasteiger partial charge in [-0.1, -0.05) is 29.8 Å². The van der Waals surface area contributed by atoms with Crippen LogP contribution >= 0.6 is 0 Å². The summed E-state index contributed by atoms with van der Waals surface area (Å²) in [6.07, 6.45) is 3.75. The Morgan fingerprint density at radius 3 is 2.37 bits per heavy atom. The summed E-state index contributed by atoms with van der Waals surface area (Å²) in [7, 11) is 1.89. The first-order valence-corrected chi connectivity index (χ1v) is 7.05. The molecule has 0 spiro atoms. The van der Waals surface area contributed by atoms with Gasteiger partial charge in [0.2, 0.25) is 5.91 Å². The van der Waals surface area contributed by atoms with Gasteiger partial charge in [0.15, 0.2) is 0 Å². The summed E-state index contributed by atoms with van der Waals surface area (Å²) in [5, 5.41) is 9.51. The largest absolute Gasteiger partial charge is 0.393 e. The van der Waals surface area contributed by atoms with E-state index in [1.165, 1.54) is 5.56 Å². The van der Waals surface area contributed by atoms with E-state index >= 15 is 0 Å². The van der Waals surface area contributed by atoms with Crippen molar-refractivity contribution in [1.29, 1.82) is 0 Å². The van der Waals surface area contributed by atoms with Crippen LogP contribution in [0.1, 0.15) is 36.8 Å². The second kappa shape index (κ2) is 6.20.